The van der Waals surface area contributed by atoms with E-state index in [9.17, 15) is 15.3 Å². The van der Waals surface area contributed by atoms with E-state index in [1.54, 1.807) is 18.2 Å². The van der Waals surface area contributed by atoms with Gasteiger partial charge in [0.2, 0.25) is 0 Å². The summed E-state index contributed by atoms with van der Waals surface area (Å²) in [6.45, 7) is -0.00154. The van der Waals surface area contributed by atoms with Gasteiger partial charge >= 0.3 is 0 Å². The molecule has 0 saturated carbocycles. The lowest BCUT2D eigenvalue weighted by atomic mass is 10.1. The highest BCUT2D eigenvalue weighted by atomic mass is 35.5. The minimum Gasteiger partial charge on any atom is -0.394 e. The summed E-state index contributed by atoms with van der Waals surface area (Å²) in [5, 5.41) is 33.7. The molecule has 0 amide bonds. The number of ether oxygens (including phenoxy) is 1. The number of anilines is 1. The fourth-order valence-corrected chi connectivity index (χ4v) is 3.75. The lowest BCUT2D eigenvalue weighted by Crippen LogP contribution is -2.33. The van der Waals surface area contributed by atoms with Crippen LogP contribution in [-0.2, 0) is 11.3 Å². The van der Waals surface area contributed by atoms with Crippen molar-refractivity contribution in [3.8, 4) is 0 Å². The molecule has 1 aliphatic rings. The van der Waals surface area contributed by atoms with Crippen molar-refractivity contribution in [3.63, 3.8) is 0 Å². The number of hydrogen-bond donors (Lipinski definition) is 4. The fourth-order valence-electron chi connectivity index (χ4n) is 3.18. The molecule has 0 aliphatic carbocycles. The van der Waals surface area contributed by atoms with Gasteiger partial charge in [0.15, 0.2) is 23.2 Å². The van der Waals surface area contributed by atoms with Crippen molar-refractivity contribution in [2.45, 2.75) is 31.1 Å². The number of aliphatic hydroxyl groups is 3. The number of aromatic nitrogens is 4. The Labute approximate surface area is 169 Å². The predicted molar refractivity (Wildman–Crippen MR) is 102 cm³/mol. The topological polar surface area (TPSA) is 126 Å². The van der Waals surface area contributed by atoms with Gasteiger partial charge in [0.25, 0.3) is 0 Å². The van der Waals surface area contributed by atoms with Gasteiger partial charge in [-0.15, -0.1) is 0 Å². The van der Waals surface area contributed by atoms with Crippen LogP contribution in [0.3, 0.4) is 0 Å². The van der Waals surface area contributed by atoms with E-state index in [0.29, 0.717) is 33.6 Å². The first-order valence-corrected chi connectivity index (χ1v) is 9.22. The van der Waals surface area contributed by atoms with E-state index in [-0.39, 0.29) is 0 Å². The second-order valence-electron chi connectivity index (χ2n) is 6.41. The summed E-state index contributed by atoms with van der Waals surface area (Å²) < 4.78 is 7.05. The van der Waals surface area contributed by atoms with E-state index < -0.39 is 31.1 Å². The fraction of sp³-hybridized carbons (Fsp3) is 0.353. The molecule has 1 aromatic carbocycles. The van der Waals surface area contributed by atoms with Crippen molar-refractivity contribution in [2.75, 3.05) is 11.9 Å². The van der Waals surface area contributed by atoms with Crippen molar-refractivity contribution in [3.05, 3.63) is 46.5 Å². The molecule has 1 aliphatic heterocycles. The normalized spacial score (nSPS) is 24.8. The standard InChI is InChI=1S/C17H17Cl2N5O4/c18-9-1-8(2-10(19)3-9)4-20-15-12-16(22-6-21-15)24(7-23-12)17-14(27)13(26)11(5-25)28-17/h1-3,6-7,11,13-14,17,25-27H,4-5H2,(H,20,21,22)/t11-,13-,14-,17-/m1/s1. The van der Waals surface area contributed by atoms with Crippen LogP contribution in [0.1, 0.15) is 11.8 Å². The zero-order valence-corrected chi connectivity index (χ0v) is 15.9. The van der Waals surface area contributed by atoms with Crippen LogP contribution in [-0.4, -0.2) is 59.8 Å². The highest BCUT2D eigenvalue weighted by Crippen LogP contribution is 2.32. The van der Waals surface area contributed by atoms with Crippen LogP contribution in [0.15, 0.2) is 30.9 Å². The summed E-state index contributed by atoms with van der Waals surface area (Å²) in [5.41, 5.74) is 1.75. The van der Waals surface area contributed by atoms with E-state index in [0.717, 1.165) is 5.56 Å². The molecule has 4 rings (SSSR count). The first-order valence-electron chi connectivity index (χ1n) is 8.46. The van der Waals surface area contributed by atoms with Crippen LogP contribution in [0.2, 0.25) is 10.0 Å². The molecule has 9 nitrogen and oxygen atoms in total. The maximum Gasteiger partial charge on any atom is 0.167 e. The Balaban J connectivity index is 1.60. The third-order valence-corrected chi connectivity index (χ3v) is 4.97. The molecular formula is C17H17Cl2N5O4. The van der Waals surface area contributed by atoms with Crippen LogP contribution >= 0.6 is 23.2 Å². The van der Waals surface area contributed by atoms with Gasteiger partial charge in [-0.05, 0) is 23.8 Å². The number of nitrogens with one attached hydrogen (secondary N) is 1. The van der Waals surface area contributed by atoms with E-state index in [1.807, 2.05) is 0 Å². The SMILES string of the molecule is OC[C@H]1O[C@@H](n2cnc3c(NCc4cc(Cl)cc(Cl)c4)ncnc32)[C@H](O)[C@@H]1O. The molecule has 3 heterocycles. The van der Waals surface area contributed by atoms with Crippen LogP contribution in [0.4, 0.5) is 5.82 Å². The largest absolute Gasteiger partial charge is 0.394 e. The number of fused-ring (bicyclic) bond motifs is 1. The number of aliphatic hydroxyl groups excluding tert-OH is 3. The Morgan fingerprint density at radius 3 is 2.50 bits per heavy atom. The molecule has 0 bridgehead atoms. The first-order chi connectivity index (χ1) is 13.5. The molecule has 1 fully saturated rings. The molecule has 11 heteroatoms. The maximum atomic E-state index is 10.2. The molecule has 3 aromatic rings. The third-order valence-electron chi connectivity index (χ3n) is 4.53. The van der Waals surface area contributed by atoms with Crippen molar-refractivity contribution in [1.29, 1.82) is 0 Å². The average Bonchev–Trinajstić information content (AvgIpc) is 3.21. The summed E-state index contributed by atoms with van der Waals surface area (Å²) >= 11 is 12.0. The molecule has 0 unspecified atom stereocenters. The monoisotopic (exact) mass is 425 g/mol. The van der Waals surface area contributed by atoms with E-state index in [2.05, 4.69) is 20.3 Å². The maximum absolute atomic E-state index is 10.2. The predicted octanol–water partition coefficient (Wildman–Crippen LogP) is 1.36. The smallest absolute Gasteiger partial charge is 0.167 e. The lowest BCUT2D eigenvalue weighted by Gasteiger charge is -2.16. The van der Waals surface area contributed by atoms with Crippen molar-refractivity contribution < 1.29 is 20.1 Å². The minimum absolute atomic E-state index is 0.410. The van der Waals surface area contributed by atoms with Crippen LogP contribution in [0.5, 0.6) is 0 Å². The van der Waals surface area contributed by atoms with Gasteiger partial charge in [-0.3, -0.25) is 4.57 Å². The second kappa shape index (κ2) is 7.78. The second-order valence-corrected chi connectivity index (χ2v) is 7.28. The number of imidazole rings is 1. The molecule has 0 spiro atoms. The summed E-state index contributed by atoms with van der Waals surface area (Å²) in [4.78, 5) is 12.7. The molecule has 1 saturated heterocycles. The zero-order valence-electron chi connectivity index (χ0n) is 14.4. The molecule has 4 N–H and O–H groups in total. The Hall–Kier alpha value is -2.01. The number of benzene rings is 1. The van der Waals surface area contributed by atoms with E-state index in [4.69, 9.17) is 27.9 Å². The summed E-state index contributed by atoms with van der Waals surface area (Å²) in [7, 11) is 0. The molecule has 2 aromatic heterocycles. The number of rotatable bonds is 5. The summed E-state index contributed by atoms with van der Waals surface area (Å²) in [6.07, 6.45) is -1.44. The van der Waals surface area contributed by atoms with Crippen LogP contribution in [0.25, 0.3) is 11.2 Å². The van der Waals surface area contributed by atoms with E-state index in [1.165, 1.54) is 17.2 Å². The van der Waals surface area contributed by atoms with Gasteiger partial charge in [-0.1, -0.05) is 23.2 Å². The average molecular weight is 426 g/mol. The first kappa shape index (κ1) is 19.3. The molecule has 148 valence electrons. The summed E-state index contributed by atoms with van der Waals surface area (Å²) in [5.74, 6) is 0.478. The van der Waals surface area contributed by atoms with Crippen molar-refractivity contribution >= 4 is 40.2 Å². The van der Waals surface area contributed by atoms with Gasteiger partial charge in [0.1, 0.15) is 24.6 Å². The summed E-state index contributed by atoms with van der Waals surface area (Å²) in [6, 6.07) is 5.23. The highest BCUT2D eigenvalue weighted by Gasteiger charge is 2.44. The number of hydrogen-bond acceptors (Lipinski definition) is 8. The Morgan fingerprint density at radius 2 is 1.82 bits per heavy atom. The van der Waals surface area contributed by atoms with Gasteiger partial charge in [0, 0.05) is 16.6 Å². The van der Waals surface area contributed by atoms with Gasteiger partial charge < -0.3 is 25.4 Å². The van der Waals surface area contributed by atoms with Crippen molar-refractivity contribution in [2.24, 2.45) is 0 Å². The number of halogens is 2. The molecule has 0 radical (unpaired) electrons. The molecule has 4 atom stereocenters. The third kappa shape index (κ3) is 3.52. The van der Waals surface area contributed by atoms with Gasteiger partial charge in [0.05, 0.1) is 12.9 Å². The van der Waals surface area contributed by atoms with Crippen molar-refractivity contribution in [1.82, 2.24) is 19.5 Å². The number of nitrogens with zero attached hydrogens (tertiary/aromatic N) is 4. The minimum atomic E-state index is -1.23. The molecule has 28 heavy (non-hydrogen) atoms. The lowest BCUT2D eigenvalue weighted by molar-refractivity contribution is -0.0511. The van der Waals surface area contributed by atoms with Gasteiger partial charge in [-0.2, -0.15) is 0 Å². The molecular weight excluding hydrogens is 409 g/mol. The van der Waals surface area contributed by atoms with Crippen LogP contribution in [0, 0.1) is 0 Å². The quantitative estimate of drug-likeness (QED) is 0.482. The van der Waals surface area contributed by atoms with Crippen LogP contribution < -0.4 is 5.32 Å². The highest BCUT2D eigenvalue weighted by molar-refractivity contribution is 6.34. The van der Waals surface area contributed by atoms with E-state index >= 15 is 0 Å². The Morgan fingerprint density at radius 1 is 1.07 bits per heavy atom. The zero-order chi connectivity index (χ0) is 19.8. The van der Waals surface area contributed by atoms with Gasteiger partial charge in [-0.25, -0.2) is 15.0 Å². The Kier molecular flexibility index (Phi) is 5.37. The Bertz CT molecular complexity index is 981.